The number of aliphatic hydroxyl groups excluding tert-OH is 1. The van der Waals surface area contributed by atoms with Crippen LogP contribution in [0.25, 0.3) is 0 Å². The summed E-state index contributed by atoms with van der Waals surface area (Å²) in [5, 5.41) is 15.5. The van der Waals surface area contributed by atoms with Crippen LogP contribution in [0, 0.1) is 0 Å². The average molecular weight is 257 g/mol. The first-order valence-corrected chi connectivity index (χ1v) is 7.01. The fourth-order valence-corrected chi connectivity index (χ4v) is 2.61. The highest BCUT2D eigenvalue weighted by molar-refractivity contribution is 7.10. The molecule has 1 aromatic rings. The Bertz CT molecular complexity index is 290. The molecule has 1 rings (SSSR count). The number of nitrogens with one attached hydrogen (secondary N) is 1. The third kappa shape index (κ3) is 5.17. The van der Waals surface area contributed by atoms with Gasteiger partial charge in [0.2, 0.25) is 0 Å². The maximum absolute atomic E-state index is 10.0. The van der Waals surface area contributed by atoms with Gasteiger partial charge < -0.3 is 15.2 Å². The van der Waals surface area contributed by atoms with Crippen molar-refractivity contribution in [1.29, 1.82) is 0 Å². The van der Waals surface area contributed by atoms with Crippen LogP contribution in [0.15, 0.2) is 17.5 Å². The Morgan fingerprint density at radius 3 is 2.82 bits per heavy atom. The van der Waals surface area contributed by atoms with E-state index in [0.717, 1.165) is 24.3 Å². The molecule has 1 aromatic heterocycles. The van der Waals surface area contributed by atoms with Crippen molar-refractivity contribution in [3.05, 3.63) is 22.4 Å². The lowest BCUT2D eigenvalue weighted by Crippen LogP contribution is -2.39. The van der Waals surface area contributed by atoms with Crippen LogP contribution >= 0.6 is 11.3 Å². The molecule has 0 radical (unpaired) electrons. The fraction of sp³-hybridized carbons (Fsp3) is 0.692. The monoisotopic (exact) mass is 257 g/mol. The van der Waals surface area contributed by atoms with Crippen molar-refractivity contribution in [3.8, 4) is 0 Å². The van der Waals surface area contributed by atoms with E-state index in [0.29, 0.717) is 6.04 Å². The van der Waals surface area contributed by atoms with Gasteiger partial charge in [0.05, 0.1) is 12.7 Å². The van der Waals surface area contributed by atoms with E-state index in [1.807, 2.05) is 17.5 Å². The molecule has 98 valence electrons. The van der Waals surface area contributed by atoms with Crippen molar-refractivity contribution in [2.45, 2.75) is 44.9 Å². The van der Waals surface area contributed by atoms with Crippen LogP contribution in [-0.2, 0) is 4.74 Å². The first-order chi connectivity index (χ1) is 8.17. The zero-order chi connectivity index (χ0) is 12.7. The van der Waals surface area contributed by atoms with E-state index in [1.54, 1.807) is 18.4 Å². The van der Waals surface area contributed by atoms with Gasteiger partial charge in [-0.05, 0) is 31.2 Å². The Morgan fingerprint density at radius 1 is 1.53 bits per heavy atom. The Kier molecular flexibility index (Phi) is 6.73. The van der Waals surface area contributed by atoms with Crippen LogP contribution in [0.3, 0.4) is 0 Å². The van der Waals surface area contributed by atoms with E-state index in [1.165, 1.54) is 0 Å². The molecular formula is C13H23NO2S. The van der Waals surface area contributed by atoms with Gasteiger partial charge in [0.25, 0.3) is 0 Å². The summed E-state index contributed by atoms with van der Waals surface area (Å²) in [6.07, 6.45) is 1.41. The lowest BCUT2D eigenvalue weighted by Gasteiger charge is -2.23. The number of rotatable bonds is 8. The first kappa shape index (κ1) is 14.6. The molecule has 0 bridgehead atoms. The molecular weight excluding hydrogens is 234 g/mol. The van der Waals surface area contributed by atoms with Gasteiger partial charge in [-0.3, -0.25) is 0 Å². The fourth-order valence-electron chi connectivity index (χ4n) is 1.89. The quantitative estimate of drug-likeness (QED) is 0.752. The SMILES string of the molecule is CCC(COC)NC(C)CC(O)c1cccs1. The minimum Gasteiger partial charge on any atom is -0.388 e. The molecule has 17 heavy (non-hydrogen) atoms. The second-order valence-electron chi connectivity index (χ2n) is 4.40. The molecule has 0 amide bonds. The van der Waals surface area contributed by atoms with Gasteiger partial charge in [0.15, 0.2) is 0 Å². The number of hydrogen-bond donors (Lipinski definition) is 2. The molecule has 0 aliphatic carbocycles. The van der Waals surface area contributed by atoms with Crippen molar-refractivity contribution in [3.63, 3.8) is 0 Å². The topological polar surface area (TPSA) is 41.5 Å². The Balaban J connectivity index is 2.35. The average Bonchev–Trinajstić information content (AvgIpc) is 2.81. The first-order valence-electron chi connectivity index (χ1n) is 6.13. The lowest BCUT2D eigenvalue weighted by molar-refractivity contribution is 0.134. The Hall–Kier alpha value is -0.420. The van der Waals surface area contributed by atoms with E-state index in [2.05, 4.69) is 19.2 Å². The highest BCUT2D eigenvalue weighted by Crippen LogP contribution is 2.22. The van der Waals surface area contributed by atoms with Crippen molar-refractivity contribution < 1.29 is 9.84 Å². The predicted molar refractivity (Wildman–Crippen MR) is 72.4 cm³/mol. The van der Waals surface area contributed by atoms with Gasteiger partial charge in [-0.1, -0.05) is 13.0 Å². The van der Waals surface area contributed by atoms with Crippen LogP contribution in [0.4, 0.5) is 0 Å². The van der Waals surface area contributed by atoms with E-state index >= 15 is 0 Å². The number of ether oxygens (including phenoxy) is 1. The molecule has 0 saturated carbocycles. The van der Waals surface area contributed by atoms with Gasteiger partial charge in [0, 0.05) is 24.1 Å². The van der Waals surface area contributed by atoms with Gasteiger partial charge in [-0.15, -0.1) is 11.3 Å². The summed E-state index contributed by atoms with van der Waals surface area (Å²) in [4.78, 5) is 1.04. The number of thiophene rings is 1. The largest absolute Gasteiger partial charge is 0.388 e. The van der Waals surface area contributed by atoms with E-state index in [9.17, 15) is 5.11 Å². The Labute approximate surface area is 108 Å². The zero-order valence-corrected chi connectivity index (χ0v) is 11.7. The van der Waals surface area contributed by atoms with Gasteiger partial charge in [0.1, 0.15) is 0 Å². The third-order valence-electron chi connectivity index (χ3n) is 2.83. The summed E-state index contributed by atoms with van der Waals surface area (Å²) in [5.74, 6) is 0. The van der Waals surface area contributed by atoms with Crippen molar-refractivity contribution in [2.75, 3.05) is 13.7 Å². The molecule has 2 N–H and O–H groups in total. The molecule has 0 aliphatic rings. The van der Waals surface area contributed by atoms with Crippen LogP contribution in [-0.4, -0.2) is 30.9 Å². The molecule has 0 aromatic carbocycles. The summed E-state index contributed by atoms with van der Waals surface area (Å²) in [5.41, 5.74) is 0. The third-order valence-corrected chi connectivity index (χ3v) is 3.80. The molecule has 3 nitrogen and oxygen atoms in total. The van der Waals surface area contributed by atoms with Crippen LogP contribution < -0.4 is 5.32 Å². The second kappa shape index (κ2) is 7.82. The minimum atomic E-state index is -0.363. The minimum absolute atomic E-state index is 0.284. The van der Waals surface area contributed by atoms with Crippen LogP contribution in [0.1, 0.15) is 37.7 Å². The summed E-state index contributed by atoms with van der Waals surface area (Å²) in [6.45, 7) is 4.96. The smallest absolute Gasteiger partial charge is 0.0896 e. The molecule has 0 fully saturated rings. The standard InChI is InChI=1S/C13H23NO2S/c1-4-11(9-16-3)14-10(2)8-12(15)13-6-5-7-17-13/h5-7,10-12,14-15H,4,8-9H2,1-3H3. The zero-order valence-electron chi connectivity index (χ0n) is 10.8. The highest BCUT2D eigenvalue weighted by Gasteiger charge is 2.15. The maximum Gasteiger partial charge on any atom is 0.0896 e. The van der Waals surface area contributed by atoms with Gasteiger partial charge >= 0.3 is 0 Å². The van der Waals surface area contributed by atoms with Crippen LogP contribution in [0.2, 0.25) is 0 Å². The molecule has 4 heteroatoms. The number of aliphatic hydroxyl groups is 1. The van der Waals surface area contributed by atoms with Gasteiger partial charge in [-0.2, -0.15) is 0 Å². The molecule has 0 aliphatic heterocycles. The summed E-state index contributed by atoms with van der Waals surface area (Å²) < 4.78 is 5.15. The molecule has 0 saturated heterocycles. The Morgan fingerprint density at radius 2 is 2.29 bits per heavy atom. The summed E-state index contributed by atoms with van der Waals surface area (Å²) in [6, 6.07) is 4.60. The molecule has 3 unspecified atom stereocenters. The molecule has 3 atom stereocenters. The highest BCUT2D eigenvalue weighted by atomic mass is 32.1. The normalized spacial score (nSPS) is 16.7. The molecule has 0 spiro atoms. The van der Waals surface area contributed by atoms with Crippen LogP contribution in [0.5, 0.6) is 0 Å². The van der Waals surface area contributed by atoms with E-state index in [-0.39, 0.29) is 12.1 Å². The predicted octanol–water partition coefficient (Wildman–Crippen LogP) is 2.57. The number of hydrogen-bond acceptors (Lipinski definition) is 4. The molecule has 1 heterocycles. The van der Waals surface area contributed by atoms with Crippen molar-refractivity contribution >= 4 is 11.3 Å². The number of methoxy groups -OCH3 is 1. The second-order valence-corrected chi connectivity index (χ2v) is 5.37. The van der Waals surface area contributed by atoms with Gasteiger partial charge in [-0.25, -0.2) is 0 Å². The summed E-state index contributed by atoms with van der Waals surface area (Å²) >= 11 is 1.61. The maximum atomic E-state index is 10.0. The van der Waals surface area contributed by atoms with E-state index in [4.69, 9.17) is 4.74 Å². The van der Waals surface area contributed by atoms with E-state index < -0.39 is 0 Å². The lowest BCUT2D eigenvalue weighted by atomic mass is 10.1. The summed E-state index contributed by atoms with van der Waals surface area (Å²) in [7, 11) is 1.72. The van der Waals surface area contributed by atoms with Crippen molar-refractivity contribution in [1.82, 2.24) is 5.32 Å². The van der Waals surface area contributed by atoms with Crippen molar-refractivity contribution in [2.24, 2.45) is 0 Å².